The van der Waals surface area contributed by atoms with Crippen molar-refractivity contribution in [2.45, 2.75) is 40.3 Å². The van der Waals surface area contributed by atoms with E-state index in [1.54, 1.807) is 10.9 Å². The Morgan fingerprint density at radius 2 is 1.76 bits per heavy atom. The van der Waals surface area contributed by atoms with Gasteiger partial charge in [0.1, 0.15) is 0 Å². The van der Waals surface area contributed by atoms with E-state index in [9.17, 15) is 18.0 Å². The van der Waals surface area contributed by atoms with Gasteiger partial charge in [0.25, 0.3) is 5.56 Å². The van der Waals surface area contributed by atoms with Crippen molar-refractivity contribution in [1.82, 2.24) is 19.1 Å². The molecule has 29 heavy (non-hydrogen) atoms. The van der Waals surface area contributed by atoms with E-state index in [0.29, 0.717) is 24.1 Å². The number of nitrogens with one attached hydrogen (secondary N) is 1. The van der Waals surface area contributed by atoms with Crippen LogP contribution >= 0.6 is 0 Å². The summed E-state index contributed by atoms with van der Waals surface area (Å²) in [4.78, 5) is 31.0. The summed E-state index contributed by atoms with van der Waals surface area (Å²) < 4.78 is 27.3. The lowest BCUT2D eigenvalue weighted by Gasteiger charge is -2.09. The molecule has 0 bridgehead atoms. The maximum Gasteiger partial charge on any atom is 0.330 e. The molecule has 0 spiro atoms. The maximum absolute atomic E-state index is 12.3. The van der Waals surface area contributed by atoms with Crippen LogP contribution in [0.5, 0.6) is 0 Å². The fourth-order valence-electron chi connectivity index (χ4n) is 3.37. The molecular weight excluding hydrogens is 392 g/mol. The standard InChI is InChI=1S/C20H26N4O4S/c1-4-23-13-21-18-17(23)19(25)22-20(26)24(18)11-16-7-5-15(6-8-16)9-10-29(27,28)12-14(2)3/h5-8,13-14H,4,9-12H2,1-3H3,(H,22,25,26). The van der Waals surface area contributed by atoms with Gasteiger partial charge in [0.05, 0.1) is 24.4 Å². The molecule has 0 saturated heterocycles. The number of aromatic amines is 1. The first-order valence-corrected chi connectivity index (χ1v) is 11.5. The zero-order chi connectivity index (χ0) is 21.2. The van der Waals surface area contributed by atoms with Gasteiger partial charge in [-0.3, -0.25) is 14.3 Å². The Morgan fingerprint density at radius 3 is 2.38 bits per heavy atom. The van der Waals surface area contributed by atoms with Crippen molar-refractivity contribution in [3.63, 3.8) is 0 Å². The second-order valence-corrected chi connectivity index (χ2v) is 9.85. The number of hydrogen-bond donors (Lipinski definition) is 1. The second kappa shape index (κ2) is 8.36. The van der Waals surface area contributed by atoms with Crippen molar-refractivity contribution < 1.29 is 8.42 Å². The Bertz CT molecular complexity index is 1220. The van der Waals surface area contributed by atoms with Crippen molar-refractivity contribution in [1.29, 1.82) is 0 Å². The Kier molecular flexibility index (Phi) is 6.07. The minimum atomic E-state index is -3.06. The number of benzene rings is 1. The quantitative estimate of drug-likeness (QED) is 0.598. The largest absolute Gasteiger partial charge is 0.330 e. The molecule has 1 N–H and O–H groups in total. The number of rotatable bonds is 8. The number of imidazole rings is 1. The molecule has 0 aliphatic heterocycles. The van der Waals surface area contributed by atoms with Crippen molar-refractivity contribution in [2.24, 2.45) is 5.92 Å². The van der Waals surface area contributed by atoms with Crippen LogP contribution in [-0.4, -0.2) is 39.0 Å². The van der Waals surface area contributed by atoms with E-state index in [1.165, 1.54) is 4.57 Å². The summed E-state index contributed by atoms with van der Waals surface area (Å²) in [5.41, 5.74) is 1.56. The lowest BCUT2D eigenvalue weighted by atomic mass is 10.1. The SMILES string of the molecule is CCn1cnc2c1c(=O)[nH]c(=O)n2Cc1ccc(CCS(=O)(=O)CC(C)C)cc1. The van der Waals surface area contributed by atoms with Crippen LogP contribution in [0.15, 0.2) is 40.2 Å². The molecule has 0 aliphatic rings. The maximum atomic E-state index is 12.3. The van der Waals surface area contributed by atoms with Crippen LogP contribution in [-0.2, 0) is 29.3 Å². The van der Waals surface area contributed by atoms with E-state index in [1.807, 2.05) is 45.0 Å². The van der Waals surface area contributed by atoms with Crippen molar-refractivity contribution in [3.8, 4) is 0 Å². The topological polar surface area (TPSA) is 107 Å². The summed E-state index contributed by atoms with van der Waals surface area (Å²) in [7, 11) is -3.06. The fourth-order valence-corrected chi connectivity index (χ4v) is 5.10. The van der Waals surface area contributed by atoms with Gasteiger partial charge in [0.2, 0.25) is 0 Å². The van der Waals surface area contributed by atoms with E-state index in [4.69, 9.17) is 0 Å². The van der Waals surface area contributed by atoms with Gasteiger partial charge >= 0.3 is 5.69 Å². The van der Waals surface area contributed by atoms with Crippen LogP contribution in [0.1, 0.15) is 31.9 Å². The molecule has 0 atom stereocenters. The number of sulfone groups is 1. The van der Waals surface area contributed by atoms with Gasteiger partial charge in [-0.25, -0.2) is 18.2 Å². The summed E-state index contributed by atoms with van der Waals surface area (Å²) in [6, 6.07) is 7.48. The van der Waals surface area contributed by atoms with Crippen LogP contribution < -0.4 is 11.2 Å². The highest BCUT2D eigenvalue weighted by molar-refractivity contribution is 7.91. The smallest absolute Gasteiger partial charge is 0.325 e. The average Bonchev–Trinajstić information content (AvgIpc) is 3.08. The summed E-state index contributed by atoms with van der Waals surface area (Å²) >= 11 is 0. The van der Waals surface area contributed by atoms with Gasteiger partial charge in [-0.15, -0.1) is 0 Å². The van der Waals surface area contributed by atoms with Gasteiger partial charge in [-0.1, -0.05) is 38.1 Å². The molecule has 0 radical (unpaired) electrons. The highest BCUT2D eigenvalue weighted by Crippen LogP contribution is 2.12. The van der Waals surface area contributed by atoms with Crippen LogP contribution in [0.3, 0.4) is 0 Å². The Labute approximate surface area is 169 Å². The van der Waals surface area contributed by atoms with Gasteiger partial charge in [-0.05, 0) is 30.4 Å². The predicted octanol–water partition coefficient (Wildman–Crippen LogP) is 1.57. The Hall–Kier alpha value is -2.68. The third kappa shape index (κ3) is 4.84. The molecular formula is C20H26N4O4S. The van der Waals surface area contributed by atoms with Crippen LogP contribution in [0.25, 0.3) is 11.2 Å². The van der Waals surface area contributed by atoms with Crippen molar-refractivity contribution >= 4 is 21.0 Å². The molecule has 2 aromatic heterocycles. The Balaban J connectivity index is 1.80. The monoisotopic (exact) mass is 418 g/mol. The normalized spacial score (nSPS) is 12.1. The fraction of sp³-hybridized carbons (Fsp3) is 0.450. The molecule has 3 aromatic rings. The summed E-state index contributed by atoms with van der Waals surface area (Å²) in [5.74, 6) is 0.436. The van der Waals surface area contributed by atoms with E-state index >= 15 is 0 Å². The van der Waals surface area contributed by atoms with E-state index in [0.717, 1.165) is 11.1 Å². The minimum Gasteiger partial charge on any atom is -0.325 e. The van der Waals surface area contributed by atoms with Crippen molar-refractivity contribution in [2.75, 3.05) is 11.5 Å². The minimum absolute atomic E-state index is 0.117. The number of fused-ring (bicyclic) bond motifs is 1. The molecule has 0 amide bonds. The van der Waals surface area contributed by atoms with Crippen LogP contribution in [0.4, 0.5) is 0 Å². The second-order valence-electron chi connectivity index (χ2n) is 7.62. The van der Waals surface area contributed by atoms with E-state index < -0.39 is 21.1 Å². The Morgan fingerprint density at radius 1 is 1.10 bits per heavy atom. The molecule has 0 saturated carbocycles. The highest BCUT2D eigenvalue weighted by atomic mass is 32.2. The summed E-state index contributed by atoms with van der Waals surface area (Å²) in [6.45, 7) is 6.53. The van der Waals surface area contributed by atoms with Gasteiger partial charge in [0.15, 0.2) is 21.0 Å². The van der Waals surface area contributed by atoms with Gasteiger partial charge in [-0.2, -0.15) is 0 Å². The van der Waals surface area contributed by atoms with Crippen LogP contribution in [0.2, 0.25) is 0 Å². The number of H-pyrrole nitrogens is 1. The average molecular weight is 419 g/mol. The molecule has 9 heteroatoms. The molecule has 156 valence electrons. The van der Waals surface area contributed by atoms with Crippen molar-refractivity contribution in [3.05, 3.63) is 62.6 Å². The highest BCUT2D eigenvalue weighted by Gasteiger charge is 2.15. The van der Waals surface area contributed by atoms with Gasteiger partial charge in [0, 0.05) is 6.54 Å². The molecule has 2 heterocycles. The number of aryl methyl sites for hydroxylation is 2. The summed E-state index contributed by atoms with van der Waals surface area (Å²) in [5, 5.41) is 0. The number of hydrogen-bond acceptors (Lipinski definition) is 5. The first kappa shape index (κ1) is 21.0. The number of aromatic nitrogens is 4. The summed E-state index contributed by atoms with van der Waals surface area (Å²) in [6.07, 6.45) is 2.01. The van der Waals surface area contributed by atoms with Crippen LogP contribution in [0, 0.1) is 5.92 Å². The molecule has 0 unspecified atom stereocenters. The first-order valence-electron chi connectivity index (χ1n) is 9.66. The van der Waals surface area contributed by atoms with Gasteiger partial charge < -0.3 is 4.57 Å². The lowest BCUT2D eigenvalue weighted by Crippen LogP contribution is -2.31. The van der Waals surface area contributed by atoms with E-state index in [-0.39, 0.29) is 24.0 Å². The third-order valence-electron chi connectivity index (χ3n) is 4.75. The van der Waals surface area contributed by atoms with E-state index in [2.05, 4.69) is 9.97 Å². The molecule has 1 aromatic carbocycles. The zero-order valence-corrected chi connectivity index (χ0v) is 17.7. The zero-order valence-electron chi connectivity index (χ0n) is 16.9. The first-order chi connectivity index (χ1) is 13.7. The molecule has 8 nitrogen and oxygen atoms in total. The predicted molar refractivity (Wildman–Crippen MR) is 113 cm³/mol. The molecule has 0 fully saturated rings. The lowest BCUT2D eigenvalue weighted by molar-refractivity contribution is 0.581. The third-order valence-corrected chi connectivity index (χ3v) is 6.75. The number of nitrogens with zero attached hydrogens (tertiary/aromatic N) is 3. The molecule has 3 rings (SSSR count). The molecule has 0 aliphatic carbocycles.